The fourth-order valence-corrected chi connectivity index (χ4v) is 4.06. The van der Waals surface area contributed by atoms with Crippen LogP contribution in [0.1, 0.15) is 76.0 Å². The minimum atomic E-state index is -0.0338. The number of rotatable bonds is 7. The van der Waals surface area contributed by atoms with Crippen molar-refractivity contribution in [1.29, 1.82) is 0 Å². The van der Waals surface area contributed by atoms with Gasteiger partial charge >= 0.3 is 6.01 Å². The highest BCUT2D eigenvalue weighted by Crippen LogP contribution is 2.29. The Labute approximate surface area is 177 Å². The highest BCUT2D eigenvalue weighted by Gasteiger charge is 2.21. The number of hydrogen-bond acceptors (Lipinski definition) is 6. The van der Waals surface area contributed by atoms with Gasteiger partial charge in [0.25, 0.3) is 0 Å². The zero-order valence-electron chi connectivity index (χ0n) is 18.3. The van der Waals surface area contributed by atoms with Crippen molar-refractivity contribution < 1.29 is 9.47 Å². The minimum Gasteiger partial charge on any atom is -0.496 e. The molecular weight excluding hydrogens is 378 g/mol. The molecule has 0 radical (unpaired) electrons. The molecule has 2 aromatic heterocycles. The molecule has 1 N–H and O–H groups in total. The van der Waals surface area contributed by atoms with E-state index >= 15 is 0 Å². The Hall–Kier alpha value is -2.83. The first kappa shape index (κ1) is 20.4. The van der Waals surface area contributed by atoms with E-state index in [1.807, 2.05) is 24.4 Å². The quantitative estimate of drug-likeness (QED) is 0.582. The van der Waals surface area contributed by atoms with Gasteiger partial charge in [-0.2, -0.15) is 19.6 Å². The highest BCUT2D eigenvalue weighted by atomic mass is 16.5. The molecule has 1 fully saturated rings. The molecule has 3 aromatic rings. The molecule has 0 aliphatic heterocycles. The van der Waals surface area contributed by atoms with E-state index in [9.17, 15) is 0 Å². The van der Waals surface area contributed by atoms with E-state index < -0.39 is 0 Å². The first-order chi connectivity index (χ1) is 14.6. The molecule has 7 heteroatoms. The van der Waals surface area contributed by atoms with Crippen molar-refractivity contribution in [3.63, 3.8) is 0 Å². The van der Waals surface area contributed by atoms with Crippen molar-refractivity contribution >= 4 is 11.6 Å². The number of methoxy groups -OCH3 is 1. The summed E-state index contributed by atoms with van der Waals surface area (Å²) in [4.78, 5) is 9.43. The van der Waals surface area contributed by atoms with Gasteiger partial charge in [-0.15, -0.1) is 0 Å². The smallest absolute Gasteiger partial charge is 0.322 e. The summed E-state index contributed by atoms with van der Waals surface area (Å²) in [7, 11) is 1.69. The summed E-state index contributed by atoms with van der Waals surface area (Å²) in [6.07, 6.45) is 7.86. The predicted molar refractivity (Wildman–Crippen MR) is 117 cm³/mol. The lowest BCUT2D eigenvalue weighted by Crippen LogP contribution is -2.22. The maximum atomic E-state index is 6.21. The normalized spacial score (nSPS) is 16.0. The van der Waals surface area contributed by atoms with E-state index in [2.05, 4.69) is 37.3 Å². The molecule has 0 amide bonds. The predicted octanol–water partition coefficient (Wildman–Crippen LogP) is 5.14. The van der Waals surface area contributed by atoms with Crippen LogP contribution in [0.5, 0.6) is 11.8 Å². The summed E-state index contributed by atoms with van der Waals surface area (Å²) >= 11 is 0. The van der Waals surface area contributed by atoms with Gasteiger partial charge in [0.05, 0.1) is 19.3 Å². The highest BCUT2D eigenvalue weighted by molar-refractivity contribution is 5.53. The van der Waals surface area contributed by atoms with Gasteiger partial charge in [-0.1, -0.05) is 38.5 Å². The van der Waals surface area contributed by atoms with Gasteiger partial charge in [-0.05, 0) is 44.6 Å². The molecule has 0 bridgehead atoms. The van der Waals surface area contributed by atoms with Crippen LogP contribution in [-0.2, 0) is 0 Å². The minimum absolute atomic E-state index is 0.0338. The number of benzene rings is 1. The van der Waals surface area contributed by atoms with Gasteiger partial charge in [0.1, 0.15) is 11.9 Å². The number of fused-ring (bicyclic) bond motifs is 1. The molecule has 160 valence electrons. The van der Waals surface area contributed by atoms with E-state index in [1.165, 1.54) is 19.3 Å². The number of ether oxygens (including phenoxy) is 2. The van der Waals surface area contributed by atoms with Crippen molar-refractivity contribution in [2.24, 2.45) is 0 Å². The Morgan fingerprint density at radius 2 is 1.80 bits per heavy atom. The van der Waals surface area contributed by atoms with Crippen molar-refractivity contribution in [1.82, 2.24) is 19.6 Å². The lowest BCUT2D eigenvalue weighted by Gasteiger charge is -2.23. The van der Waals surface area contributed by atoms with Crippen molar-refractivity contribution in [3.8, 4) is 11.8 Å². The number of nitrogens with zero attached hydrogens (tertiary/aromatic N) is 4. The molecule has 1 aromatic carbocycles. The molecule has 1 atom stereocenters. The molecule has 30 heavy (non-hydrogen) atoms. The fourth-order valence-electron chi connectivity index (χ4n) is 4.06. The van der Waals surface area contributed by atoms with Crippen LogP contribution in [0.4, 0.5) is 5.95 Å². The third kappa shape index (κ3) is 4.20. The van der Waals surface area contributed by atoms with E-state index in [4.69, 9.17) is 19.4 Å². The van der Waals surface area contributed by atoms with Gasteiger partial charge in [0.15, 0.2) is 5.65 Å². The Bertz CT molecular complexity index is 994. The fraction of sp³-hybridized carbons (Fsp3) is 0.522. The van der Waals surface area contributed by atoms with E-state index in [1.54, 1.807) is 11.6 Å². The van der Waals surface area contributed by atoms with E-state index in [0.717, 1.165) is 35.4 Å². The molecular formula is C23H31N5O2. The second kappa shape index (κ2) is 8.90. The van der Waals surface area contributed by atoms with Gasteiger partial charge in [0, 0.05) is 11.1 Å². The SMILES string of the molecule is COc1ccccc1[C@H](C)Nc1nc(OC2CCCCC2)nc2c(C(C)C)cnn12. The van der Waals surface area contributed by atoms with Gasteiger partial charge in [-0.25, -0.2) is 0 Å². The average Bonchev–Trinajstić information content (AvgIpc) is 3.19. The Balaban J connectivity index is 1.69. The van der Waals surface area contributed by atoms with Crippen molar-refractivity contribution in [2.45, 2.75) is 70.9 Å². The standard InChI is InChI=1S/C23H31N5O2/c1-15(2)19-14-24-28-21(19)26-23(30-17-10-6-5-7-11-17)27-22(28)25-16(3)18-12-8-9-13-20(18)29-4/h8-9,12-17H,5-7,10-11H2,1-4H3,(H,25,26,27)/t16-/m0/s1. The van der Waals surface area contributed by atoms with Crippen LogP contribution in [0.3, 0.4) is 0 Å². The average molecular weight is 410 g/mol. The monoisotopic (exact) mass is 409 g/mol. The Kier molecular flexibility index (Phi) is 6.06. The molecule has 7 nitrogen and oxygen atoms in total. The maximum Gasteiger partial charge on any atom is 0.322 e. The van der Waals surface area contributed by atoms with Crippen LogP contribution >= 0.6 is 0 Å². The second-order valence-electron chi connectivity index (χ2n) is 8.31. The zero-order chi connectivity index (χ0) is 21.1. The molecule has 2 heterocycles. The van der Waals surface area contributed by atoms with Crippen LogP contribution in [0.2, 0.25) is 0 Å². The number of aromatic nitrogens is 4. The number of hydrogen-bond donors (Lipinski definition) is 1. The number of anilines is 1. The van der Waals surface area contributed by atoms with Crippen molar-refractivity contribution in [3.05, 3.63) is 41.6 Å². The molecule has 0 unspecified atom stereocenters. The third-order valence-electron chi connectivity index (χ3n) is 5.77. The Morgan fingerprint density at radius 1 is 1.03 bits per heavy atom. The first-order valence-corrected chi connectivity index (χ1v) is 10.9. The lowest BCUT2D eigenvalue weighted by molar-refractivity contribution is 0.142. The van der Waals surface area contributed by atoms with Crippen LogP contribution < -0.4 is 14.8 Å². The summed E-state index contributed by atoms with van der Waals surface area (Å²) in [5, 5.41) is 8.05. The first-order valence-electron chi connectivity index (χ1n) is 10.9. The lowest BCUT2D eigenvalue weighted by atomic mass is 9.98. The van der Waals surface area contributed by atoms with Crippen LogP contribution in [-0.4, -0.2) is 32.8 Å². The second-order valence-corrected chi connectivity index (χ2v) is 8.31. The molecule has 4 rings (SSSR count). The largest absolute Gasteiger partial charge is 0.496 e. The summed E-state index contributed by atoms with van der Waals surface area (Å²) in [5.41, 5.74) is 2.93. The third-order valence-corrected chi connectivity index (χ3v) is 5.77. The topological polar surface area (TPSA) is 73.6 Å². The summed E-state index contributed by atoms with van der Waals surface area (Å²) in [6.45, 7) is 6.37. The number of nitrogens with one attached hydrogen (secondary N) is 1. The summed E-state index contributed by atoms with van der Waals surface area (Å²) < 4.78 is 13.5. The maximum absolute atomic E-state index is 6.21. The molecule has 1 saturated carbocycles. The molecule has 0 spiro atoms. The number of para-hydroxylation sites is 1. The van der Waals surface area contributed by atoms with Gasteiger partial charge in [0.2, 0.25) is 5.95 Å². The molecule has 1 aliphatic carbocycles. The van der Waals surface area contributed by atoms with E-state index in [0.29, 0.717) is 17.9 Å². The summed E-state index contributed by atoms with van der Waals surface area (Å²) in [6, 6.07) is 8.38. The van der Waals surface area contributed by atoms with Crippen molar-refractivity contribution in [2.75, 3.05) is 12.4 Å². The van der Waals surface area contributed by atoms with Gasteiger partial charge in [-0.3, -0.25) is 0 Å². The van der Waals surface area contributed by atoms with Crippen LogP contribution in [0.25, 0.3) is 5.65 Å². The Morgan fingerprint density at radius 3 is 2.53 bits per heavy atom. The van der Waals surface area contributed by atoms with Gasteiger partial charge < -0.3 is 14.8 Å². The zero-order valence-corrected chi connectivity index (χ0v) is 18.3. The van der Waals surface area contributed by atoms with E-state index in [-0.39, 0.29) is 12.1 Å². The van der Waals surface area contributed by atoms with Crippen LogP contribution in [0.15, 0.2) is 30.5 Å². The molecule has 1 aliphatic rings. The molecule has 0 saturated heterocycles. The van der Waals surface area contributed by atoms with Crippen LogP contribution in [0, 0.1) is 0 Å². The summed E-state index contributed by atoms with van der Waals surface area (Å²) in [5.74, 6) is 1.76.